The number of pyridine rings is 1. The SMILES string of the molecule is NCC(=O)NCCCCCCn1nnc(-c2ccccn2)n1. The number of nitrogens with one attached hydrogen (secondary N) is 1. The molecule has 0 fully saturated rings. The molecule has 0 radical (unpaired) electrons. The molecule has 2 rings (SSSR count). The van der Waals surface area contributed by atoms with E-state index in [0.29, 0.717) is 12.4 Å². The number of aromatic nitrogens is 5. The third kappa shape index (κ3) is 5.21. The predicted octanol–water partition coefficient (Wildman–Crippen LogP) is 0.370. The van der Waals surface area contributed by atoms with E-state index < -0.39 is 0 Å². The van der Waals surface area contributed by atoms with Crippen molar-refractivity contribution in [1.29, 1.82) is 0 Å². The van der Waals surface area contributed by atoms with E-state index in [2.05, 4.69) is 25.7 Å². The van der Waals surface area contributed by atoms with Crippen LogP contribution in [0.1, 0.15) is 25.7 Å². The van der Waals surface area contributed by atoms with Crippen LogP contribution in [0.15, 0.2) is 24.4 Å². The van der Waals surface area contributed by atoms with Crippen LogP contribution >= 0.6 is 0 Å². The molecule has 0 aliphatic heterocycles. The summed E-state index contributed by atoms with van der Waals surface area (Å²) in [6, 6.07) is 5.60. The molecule has 2 aromatic heterocycles. The summed E-state index contributed by atoms with van der Waals surface area (Å²) in [7, 11) is 0. The van der Waals surface area contributed by atoms with Crippen LogP contribution in [-0.4, -0.2) is 44.2 Å². The zero-order valence-corrected chi connectivity index (χ0v) is 12.5. The quantitative estimate of drug-likeness (QED) is 0.647. The van der Waals surface area contributed by atoms with E-state index in [-0.39, 0.29) is 12.5 Å². The van der Waals surface area contributed by atoms with Crippen molar-refractivity contribution in [3.05, 3.63) is 24.4 Å². The van der Waals surface area contributed by atoms with Crippen molar-refractivity contribution >= 4 is 5.91 Å². The third-order valence-electron chi connectivity index (χ3n) is 3.14. The Morgan fingerprint density at radius 2 is 2.09 bits per heavy atom. The molecule has 0 saturated carbocycles. The number of rotatable bonds is 9. The van der Waals surface area contributed by atoms with Crippen molar-refractivity contribution in [3.63, 3.8) is 0 Å². The van der Waals surface area contributed by atoms with Gasteiger partial charge in [0.1, 0.15) is 5.69 Å². The number of aryl methyl sites for hydroxylation is 1. The fourth-order valence-corrected chi connectivity index (χ4v) is 1.97. The Morgan fingerprint density at radius 1 is 1.23 bits per heavy atom. The predicted molar refractivity (Wildman–Crippen MR) is 81.6 cm³/mol. The van der Waals surface area contributed by atoms with Crippen LogP contribution in [-0.2, 0) is 11.3 Å². The molecule has 22 heavy (non-hydrogen) atoms. The van der Waals surface area contributed by atoms with Gasteiger partial charge in [-0.05, 0) is 30.2 Å². The summed E-state index contributed by atoms with van der Waals surface area (Å²) in [5.41, 5.74) is 5.93. The van der Waals surface area contributed by atoms with Gasteiger partial charge in [0.25, 0.3) is 0 Å². The van der Waals surface area contributed by atoms with E-state index in [4.69, 9.17) is 5.73 Å². The Morgan fingerprint density at radius 3 is 2.86 bits per heavy atom. The number of nitrogens with two attached hydrogens (primary N) is 1. The third-order valence-corrected chi connectivity index (χ3v) is 3.14. The number of carbonyl (C=O) groups is 1. The average Bonchev–Trinajstić information content (AvgIpc) is 3.03. The molecule has 0 saturated heterocycles. The van der Waals surface area contributed by atoms with Gasteiger partial charge in [-0.15, -0.1) is 10.2 Å². The number of hydrogen-bond donors (Lipinski definition) is 2. The van der Waals surface area contributed by atoms with Crippen LogP contribution in [0.5, 0.6) is 0 Å². The fraction of sp³-hybridized carbons (Fsp3) is 0.500. The lowest BCUT2D eigenvalue weighted by Gasteiger charge is -2.03. The summed E-state index contributed by atoms with van der Waals surface area (Å²) in [5.74, 6) is 0.443. The number of unbranched alkanes of at least 4 members (excludes halogenated alkanes) is 3. The summed E-state index contributed by atoms with van der Waals surface area (Å²) >= 11 is 0. The van der Waals surface area contributed by atoms with Crippen LogP contribution in [0.2, 0.25) is 0 Å². The Balaban J connectivity index is 1.62. The highest BCUT2D eigenvalue weighted by Gasteiger charge is 2.06. The second-order valence-corrected chi connectivity index (χ2v) is 4.89. The highest BCUT2D eigenvalue weighted by molar-refractivity contribution is 5.77. The van der Waals surface area contributed by atoms with Gasteiger partial charge in [0.2, 0.25) is 11.7 Å². The molecular formula is C14H21N7O. The van der Waals surface area contributed by atoms with Gasteiger partial charge in [-0.3, -0.25) is 9.78 Å². The number of tetrazole rings is 1. The number of carbonyl (C=O) groups excluding carboxylic acids is 1. The van der Waals surface area contributed by atoms with E-state index in [1.807, 2.05) is 18.2 Å². The molecule has 0 spiro atoms. The van der Waals surface area contributed by atoms with E-state index >= 15 is 0 Å². The van der Waals surface area contributed by atoms with Crippen molar-refractivity contribution in [2.24, 2.45) is 5.73 Å². The van der Waals surface area contributed by atoms with Crippen LogP contribution in [0.25, 0.3) is 11.5 Å². The summed E-state index contributed by atoms with van der Waals surface area (Å²) in [6.45, 7) is 1.47. The van der Waals surface area contributed by atoms with Crippen molar-refractivity contribution < 1.29 is 4.79 Å². The summed E-state index contributed by atoms with van der Waals surface area (Å²) in [6.07, 6.45) is 5.74. The molecule has 3 N–H and O–H groups in total. The molecule has 0 bridgehead atoms. The summed E-state index contributed by atoms with van der Waals surface area (Å²) < 4.78 is 0. The van der Waals surface area contributed by atoms with Gasteiger partial charge in [-0.2, -0.15) is 4.80 Å². The molecule has 0 aliphatic rings. The smallest absolute Gasteiger partial charge is 0.233 e. The molecule has 2 aromatic rings. The molecule has 8 nitrogen and oxygen atoms in total. The van der Waals surface area contributed by atoms with Gasteiger partial charge in [0.15, 0.2) is 0 Å². The van der Waals surface area contributed by atoms with Gasteiger partial charge < -0.3 is 11.1 Å². The maximum Gasteiger partial charge on any atom is 0.233 e. The topological polar surface area (TPSA) is 112 Å². The Labute approximate surface area is 129 Å². The summed E-state index contributed by atoms with van der Waals surface area (Å²) in [5, 5.41) is 15.1. The maximum atomic E-state index is 10.9. The lowest BCUT2D eigenvalue weighted by atomic mass is 10.2. The number of hydrogen-bond acceptors (Lipinski definition) is 6. The molecule has 0 aliphatic carbocycles. The minimum atomic E-state index is -0.103. The molecule has 0 unspecified atom stereocenters. The van der Waals surface area contributed by atoms with Gasteiger partial charge in [-0.1, -0.05) is 18.9 Å². The molecule has 1 amide bonds. The van der Waals surface area contributed by atoms with Crippen molar-refractivity contribution in [1.82, 2.24) is 30.5 Å². The zero-order chi connectivity index (χ0) is 15.6. The lowest BCUT2D eigenvalue weighted by Crippen LogP contribution is -2.30. The zero-order valence-electron chi connectivity index (χ0n) is 12.5. The van der Waals surface area contributed by atoms with Crippen LogP contribution in [0, 0.1) is 0 Å². The lowest BCUT2D eigenvalue weighted by molar-refractivity contribution is -0.119. The second kappa shape index (κ2) is 8.83. The molecule has 118 valence electrons. The Bertz CT molecular complexity index is 570. The highest BCUT2D eigenvalue weighted by Crippen LogP contribution is 2.08. The first-order valence-electron chi connectivity index (χ1n) is 7.45. The molecular weight excluding hydrogens is 282 g/mol. The molecule has 2 heterocycles. The van der Waals surface area contributed by atoms with Crippen LogP contribution < -0.4 is 11.1 Å². The maximum absolute atomic E-state index is 10.9. The van der Waals surface area contributed by atoms with Crippen molar-refractivity contribution in [2.45, 2.75) is 32.2 Å². The fourth-order valence-electron chi connectivity index (χ4n) is 1.97. The molecule has 8 heteroatoms. The van der Waals surface area contributed by atoms with Crippen LogP contribution in [0.4, 0.5) is 0 Å². The minimum Gasteiger partial charge on any atom is -0.355 e. The van der Waals surface area contributed by atoms with E-state index in [1.54, 1.807) is 11.0 Å². The minimum absolute atomic E-state index is 0.0522. The highest BCUT2D eigenvalue weighted by atomic mass is 16.1. The van der Waals surface area contributed by atoms with Gasteiger partial charge >= 0.3 is 0 Å². The number of nitrogens with zero attached hydrogens (tertiary/aromatic N) is 5. The first kappa shape index (κ1) is 16.0. The first-order valence-corrected chi connectivity index (χ1v) is 7.45. The molecule has 0 aromatic carbocycles. The Kier molecular flexibility index (Phi) is 6.43. The van der Waals surface area contributed by atoms with E-state index in [0.717, 1.165) is 37.9 Å². The first-order chi connectivity index (χ1) is 10.8. The second-order valence-electron chi connectivity index (χ2n) is 4.89. The normalized spacial score (nSPS) is 10.6. The molecule has 0 atom stereocenters. The number of amides is 1. The monoisotopic (exact) mass is 303 g/mol. The van der Waals surface area contributed by atoms with Gasteiger partial charge in [0.05, 0.1) is 13.1 Å². The van der Waals surface area contributed by atoms with Crippen molar-refractivity contribution in [2.75, 3.05) is 13.1 Å². The van der Waals surface area contributed by atoms with E-state index in [1.165, 1.54) is 0 Å². The summed E-state index contributed by atoms with van der Waals surface area (Å²) in [4.78, 5) is 16.7. The van der Waals surface area contributed by atoms with E-state index in [9.17, 15) is 4.79 Å². The Hall–Kier alpha value is -2.35. The average molecular weight is 303 g/mol. The van der Waals surface area contributed by atoms with Crippen molar-refractivity contribution in [3.8, 4) is 11.5 Å². The van der Waals surface area contributed by atoms with Crippen LogP contribution in [0.3, 0.4) is 0 Å². The standard InChI is InChI=1S/C14H21N7O/c15-11-13(22)17-9-4-1-2-6-10-21-19-14(18-20-21)12-7-3-5-8-16-12/h3,5,7-8H,1-2,4,6,9-11,15H2,(H,17,22). The largest absolute Gasteiger partial charge is 0.355 e. The van der Waals surface area contributed by atoms with Gasteiger partial charge in [-0.25, -0.2) is 0 Å². The van der Waals surface area contributed by atoms with Gasteiger partial charge in [0, 0.05) is 12.7 Å².